The van der Waals surface area contributed by atoms with Crippen LogP contribution in [0.2, 0.25) is 0 Å². The minimum absolute atomic E-state index is 0.0836. The third-order valence-corrected chi connectivity index (χ3v) is 5.74. The summed E-state index contributed by atoms with van der Waals surface area (Å²) in [6.45, 7) is 0.555. The van der Waals surface area contributed by atoms with Crippen molar-refractivity contribution in [2.24, 2.45) is 11.8 Å². The Labute approximate surface area is 188 Å². The molecule has 0 radical (unpaired) electrons. The number of alkyl halides is 4. The number of carbonyl (C=O) groups is 2. The number of likely N-dealkylation sites (tertiary alicyclic amines) is 2. The van der Waals surface area contributed by atoms with Gasteiger partial charge < -0.3 is 30.2 Å². The lowest BCUT2D eigenvalue weighted by molar-refractivity contribution is -0.148. The van der Waals surface area contributed by atoms with Crippen LogP contribution in [-0.4, -0.2) is 105 Å². The second-order valence-corrected chi connectivity index (χ2v) is 8.11. The first kappa shape index (κ1) is 27.0. The van der Waals surface area contributed by atoms with Gasteiger partial charge in [0.15, 0.2) is 0 Å². The summed E-state index contributed by atoms with van der Waals surface area (Å²) in [6, 6.07) is 8.25. The van der Waals surface area contributed by atoms with Crippen LogP contribution in [0.5, 0.6) is 0 Å². The molecule has 2 aliphatic rings. The average Bonchev–Trinajstić information content (AvgIpc) is 2.77. The summed E-state index contributed by atoms with van der Waals surface area (Å²) in [5.74, 6) is -3.57. The summed E-state index contributed by atoms with van der Waals surface area (Å²) in [5.41, 5.74) is 0.374. The van der Waals surface area contributed by atoms with Gasteiger partial charge in [-0.1, -0.05) is 18.2 Å². The maximum absolute atomic E-state index is 12.8. The smallest absolute Gasteiger partial charge is 0.253 e. The maximum Gasteiger partial charge on any atom is 0.253 e. The van der Waals surface area contributed by atoms with E-state index < -0.39 is 55.0 Å². The molecule has 6 atom stereocenters. The molecule has 0 aliphatic carbocycles. The zero-order valence-corrected chi connectivity index (χ0v) is 17.8. The van der Waals surface area contributed by atoms with Crippen molar-refractivity contribution < 1.29 is 47.6 Å². The van der Waals surface area contributed by atoms with Crippen LogP contribution < -0.4 is 0 Å². The largest absolute Gasteiger partial charge is 0.390 e. The molecule has 0 spiro atoms. The Balaban J connectivity index is 0.000000245. The summed E-state index contributed by atoms with van der Waals surface area (Å²) in [4.78, 5) is 25.3. The summed E-state index contributed by atoms with van der Waals surface area (Å²) in [5, 5.41) is 37.6. The summed E-state index contributed by atoms with van der Waals surface area (Å²) < 4.78 is 50.3. The normalized spacial score (nSPS) is 30.2. The third-order valence-electron chi connectivity index (χ3n) is 5.74. The standard InChI is InChI=1S/C13H15F2NO3.C8H13F2NO3/c14-12(15)9-6-16(7-10(17)11(9)18)13(19)8-4-2-1-3-5-8;1-4(12)11-2-5(8(9)10)7(14)6(13)3-11/h1-5,9-12,17-18H,6-7H2;5-8,13-14H,2-3H2,1H3/t9-,10+,11+;5-,6+,7+/m00/s1. The molecule has 0 bridgehead atoms. The van der Waals surface area contributed by atoms with Crippen molar-refractivity contribution in [3.63, 3.8) is 0 Å². The molecule has 2 amide bonds. The van der Waals surface area contributed by atoms with Crippen molar-refractivity contribution in [3.05, 3.63) is 35.9 Å². The molecule has 0 unspecified atom stereocenters. The Morgan fingerprint density at radius 2 is 1.21 bits per heavy atom. The number of nitrogens with zero attached hydrogens (tertiary/aromatic N) is 2. The summed E-state index contributed by atoms with van der Waals surface area (Å²) in [7, 11) is 0. The number of rotatable bonds is 3. The maximum atomic E-state index is 12.8. The molecule has 33 heavy (non-hydrogen) atoms. The lowest BCUT2D eigenvalue weighted by atomic mass is 9.92. The number of piperidine rings is 2. The molecule has 12 heteroatoms. The number of hydrogen-bond donors (Lipinski definition) is 4. The molecule has 2 aliphatic heterocycles. The Bertz CT molecular complexity index is 787. The number of β-amino-alcohol motifs (C(OH)–C–C–N with tert-alkyl or cyclic N) is 2. The van der Waals surface area contributed by atoms with E-state index in [1.807, 2.05) is 0 Å². The van der Waals surface area contributed by atoms with Gasteiger partial charge in [0.2, 0.25) is 18.8 Å². The van der Waals surface area contributed by atoms with E-state index in [0.717, 1.165) is 9.80 Å². The molecule has 0 aromatic heterocycles. The van der Waals surface area contributed by atoms with Crippen molar-refractivity contribution >= 4 is 11.8 Å². The van der Waals surface area contributed by atoms with E-state index in [0.29, 0.717) is 5.56 Å². The fourth-order valence-corrected chi connectivity index (χ4v) is 3.76. The van der Waals surface area contributed by atoms with Gasteiger partial charge in [-0.05, 0) is 12.1 Å². The van der Waals surface area contributed by atoms with E-state index in [2.05, 4.69) is 0 Å². The van der Waals surface area contributed by atoms with Crippen LogP contribution in [0.25, 0.3) is 0 Å². The predicted octanol–water partition coefficient (Wildman–Crippen LogP) is 0.197. The number of hydrogen-bond acceptors (Lipinski definition) is 6. The van der Waals surface area contributed by atoms with Gasteiger partial charge in [-0.15, -0.1) is 0 Å². The van der Waals surface area contributed by atoms with Crippen molar-refractivity contribution in [2.75, 3.05) is 26.2 Å². The lowest BCUT2D eigenvalue weighted by Crippen LogP contribution is -2.56. The lowest BCUT2D eigenvalue weighted by Gasteiger charge is -2.38. The highest BCUT2D eigenvalue weighted by molar-refractivity contribution is 5.94. The molecule has 2 heterocycles. The Morgan fingerprint density at radius 3 is 1.64 bits per heavy atom. The van der Waals surface area contributed by atoms with Crippen molar-refractivity contribution in [3.8, 4) is 0 Å². The summed E-state index contributed by atoms with van der Waals surface area (Å²) >= 11 is 0. The highest BCUT2D eigenvalue weighted by atomic mass is 19.3. The number of carbonyl (C=O) groups excluding carboxylic acids is 2. The molecule has 3 rings (SSSR count). The van der Waals surface area contributed by atoms with Crippen LogP contribution in [0, 0.1) is 11.8 Å². The molecule has 2 saturated heterocycles. The SMILES string of the molecule is CC(=O)N1C[C@@H](O)[C@H](O)[C@@H](C(F)F)C1.O=C(c1ccccc1)N1C[C@@H](O)[C@H](O)[C@@H](C(F)F)C1. The second-order valence-electron chi connectivity index (χ2n) is 8.11. The summed E-state index contributed by atoms with van der Waals surface area (Å²) in [6.07, 6.45) is -11.1. The van der Waals surface area contributed by atoms with Crippen LogP contribution in [0.3, 0.4) is 0 Å². The first-order chi connectivity index (χ1) is 15.4. The highest BCUT2D eigenvalue weighted by Gasteiger charge is 2.42. The third kappa shape index (κ3) is 6.85. The molecule has 1 aromatic rings. The minimum atomic E-state index is -2.78. The zero-order chi connectivity index (χ0) is 24.9. The number of aliphatic hydroxyl groups excluding tert-OH is 4. The number of halogens is 4. The Hall–Kier alpha value is -2.28. The Morgan fingerprint density at radius 1 is 0.788 bits per heavy atom. The van der Waals surface area contributed by atoms with Crippen LogP contribution in [0.1, 0.15) is 17.3 Å². The second kappa shape index (κ2) is 11.7. The highest BCUT2D eigenvalue weighted by Crippen LogP contribution is 2.25. The van der Waals surface area contributed by atoms with Crippen molar-refractivity contribution in [1.82, 2.24) is 9.80 Å². The van der Waals surface area contributed by atoms with Gasteiger partial charge in [0.1, 0.15) is 0 Å². The molecule has 4 N–H and O–H groups in total. The van der Waals surface area contributed by atoms with Gasteiger partial charge in [0.25, 0.3) is 5.91 Å². The van der Waals surface area contributed by atoms with Crippen LogP contribution in [0.15, 0.2) is 30.3 Å². The van der Waals surface area contributed by atoms with E-state index in [4.69, 9.17) is 0 Å². The molecule has 1 aromatic carbocycles. The monoisotopic (exact) mass is 480 g/mol. The predicted molar refractivity (Wildman–Crippen MR) is 108 cm³/mol. The fraction of sp³-hybridized carbons (Fsp3) is 0.619. The van der Waals surface area contributed by atoms with Crippen LogP contribution in [-0.2, 0) is 4.79 Å². The Kier molecular flexibility index (Phi) is 9.58. The first-order valence-electron chi connectivity index (χ1n) is 10.3. The molecule has 186 valence electrons. The van der Waals surface area contributed by atoms with Crippen LogP contribution >= 0.6 is 0 Å². The quantitative estimate of drug-likeness (QED) is 0.459. The molecule has 2 fully saturated rings. The van der Waals surface area contributed by atoms with Gasteiger partial charge in [0.05, 0.1) is 36.3 Å². The van der Waals surface area contributed by atoms with E-state index in [-0.39, 0.29) is 32.1 Å². The van der Waals surface area contributed by atoms with E-state index in [1.54, 1.807) is 30.3 Å². The zero-order valence-electron chi connectivity index (χ0n) is 17.8. The minimum Gasteiger partial charge on any atom is -0.390 e. The topological polar surface area (TPSA) is 122 Å². The van der Waals surface area contributed by atoms with Gasteiger partial charge >= 0.3 is 0 Å². The molecule has 0 saturated carbocycles. The average molecular weight is 480 g/mol. The van der Waals surface area contributed by atoms with Gasteiger partial charge in [-0.2, -0.15) is 0 Å². The van der Waals surface area contributed by atoms with Crippen LogP contribution in [0.4, 0.5) is 17.6 Å². The van der Waals surface area contributed by atoms with Gasteiger partial charge in [0, 0.05) is 38.7 Å². The molecular formula is C21H28F4N2O6. The van der Waals surface area contributed by atoms with Gasteiger partial charge in [-0.25, -0.2) is 17.6 Å². The van der Waals surface area contributed by atoms with E-state index in [9.17, 15) is 47.6 Å². The van der Waals surface area contributed by atoms with E-state index in [1.165, 1.54) is 6.92 Å². The first-order valence-corrected chi connectivity index (χ1v) is 10.3. The molecular weight excluding hydrogens is 452 g/mol. The number of amides is 2. The fourth-order valence-electron chi connectivity index (χ4n) is 3.76. The number of aliphatic hydroxyl groups is 4. The van der Waals surface area contributed by atoms with Gasteiger partial charge in [-0.3, -0.25) is 9.59 Å². The van der Waals surface area contributed by atoms with Crippen molar-refractivity contribution in [1.29, 1.82) is 0 Å². The molecule has 8 nitrogen and oxygen atoms in total. The van der Waals surface area contributed by atoms with Crippen molar-refractivity contribution in [2.45, 2.75) is 44.2 Å². The van der Waals surface area contributed by atoms with E-state index >= 15 is 0 Å². The number of benzene rings is 1.